The standard InChI is InChI=1S/C20H19N3O2/c1-14-9-15-5-2-3-7-19(15)23(14)17-10-16(11-21-12-17)20(24)22-13-18-6-4-8-25-18/h2-8,10-12,14H,9,13H2,1H3,(H,22,24). The van der Waals surface area contributed by atoms with E-state index in [0.29, 0.717) is 18.2 Å². The molecular formula is C20H19N3O2. The Kier molecular flexibility index (Phi) is 3.98. The summed E-state index contributed by atoms with van der Waals surface area (Å²) in [6, 6.07) is 14.2. The molecule has 2 aromatic heterocycles. The van der Waals surface area contributed by atoms with Gasteiger partial charge >= 0.3 is 0 Å². The van der Waals surface area contributed by atoms with Crippen molar-refractivity contribution in [1.82, 2.24) is 10.3 Å². The SMILES string of the molecule is CC1Cc2ccccc2N1c1cncc(C(=O)NCc2ccco2)c1. The van der Waals surface area contributed by atoms with Gasteiger partial charge in [0.05, 0.1) is 30.3 Å². The minimum Gasteiger partial charge on any atom is -0.467 e. The molecule has 5 nitrogen and oxygen atoms in total. The van der Waals surface area contributed by atoms with Crippen LogP contribution in [0, 0.1) is 0 Å². The number of hydrogen-bond donors (Lipinski definition) is 1. The zero-order valence-corrected chi connectivity index (χ0v) is 14.0. The molecule has 1 unspecified atom stereocenters. The lowest BCUT2D eigenvalue weighted by atomic mass is 10.1. The van der Waals surface area contributed by atoms with Crippen molar-refractivity contribution >= 4 is 17.3 Å². The minimum atomic E-state index is -0.161. The van der Waals surface area contributed by atoms with Gasteiger partial charge in [-0.3, -0.25) is 9.78 Å². The second-order valence-electron chi connectivity index (χ2n) is 6.25. The smallest absolute Gasteiger partial charge is 0.253 e. The maximum absolute atomic E-state index is 12.4. The zero-order chi connectivity index (χ0) is 17.2. The first-order valence-electron chi connectivity index (χ1n) is 8.35. The van der Waals surface area contributed by atoms with Gasteiger partial charge in [0.25, 0.3) is 5.91 Å². The average molecular weight is 333 g/mol. The van der Waals surface area contributed by atoms with Gasteiger partial charge in [-0.1, -0.05) is 18.2 Å². The molecule has 1 atom stereocenters. The highest BCUT2D eigenvalue weighted by Gasteiger charge is 2.27. The number of para-hydroxylation sites is 1. The third kappa shape index (κ3) is 3.01. The number of benzene rings is 1. The molecule has 1 amide bonds. The molecule has 3 heterocycles. The lowest BCUT2D eigenvalue weighted by Crippen LogP contribution is -2.26. The quantitative estimate of drug-likeness (QED) is 0.791. The number of aromatic nitrogens is 1. The van der Waals surface area contributed by atoms with Crippen molar-refractivity contribution in [3.05, 3.63) is 78.0 Å². The highest BCUT2D eigenvalue weighted by molar-refractivity contribution is 5.95. The molecule has 0 saturated carbocycles. The van der Waals surface area contributed by atoms with Gasteiger partial charge in [-0.05, 0) is 43.2 Å². The van der Waals surface area contributed by atoms with Crippen LogP contribution in [0.1, 0.15) is 28.6 Å². The monoisotopic (exact) mass is 333 g/mol. The Morgan fingerprint density at radius 3 is 3.00 bits per heavy atom. The highest BCUT2D eigenvalue weighted by Crippen LogP contribution is 2.37. The number of fused-ring (bicyclic) bond motifs is 1. The Balaban J connectivity index is 1.56. The van der Waals surface area contributed by atoms with Crippen molar-refractivity contribution in [3.63, 3.8) is 0 Å². The van der Waals surface area contributed by atoms with Gasteiger partial charge in [0, 0.05) is 17.9 Å². The largest absolute Gasteiger partial charge is 0.467 e. The van der Waals surface area contributed by atoms with Crippen LogP contribution in [0.5, 0.6) is 0 Å². The van der Waals surface area contributed by atoms with Crippen LogP contribution in [0.25, 0.3) is 0 Å². The van der Waals surface area contributed by atoms with Gasteiger partial charge in [-0.15, -0.1) is 0 Å². The summed E-state index contributed by atoms with van der Waals surface area (Å²) in [5.74, 6) is 0.561. The van der Waals surface area contributed by atoms with Crippen LogP contribution >= 0.6 is 0 Å². The van der Waals surface area contributed by atoms with Gasteiger partial charge in [-0.2, -0.15) is 0 Å². The molecule has 0 aliphatic carbocycles. The molecule has 5 heteroatoms. The van der Waals surface area contributed by atoms with Crippen LogP contribution in [-0.4, -0.2) is 16.9 Å². The lowest BCUT2D eigenvalue weighted by Gasteiger charge is -2.25. The van der Waals surface area contributed by atoms with E-state index < -0.39 is 0 Å². The third-order valence-corrected chi connectivity index (χ3v) is 4.47. The fourth-order valence-corrected chi connectivity index (χ4v) is 3.33. The molecular weight excluding hydrogens is 314 g/mol. The van der Waals surface area contributed by atoms with E-state index in [-0.39, 0.29) is 5.91 Å². The first kappa shape index (κ1) is 15.4. The molecule has 1 aliphatic heterocycles. The van der Waals surface area contributed by atoms with E-state index in [9.17, 15) is 4.79 Å². The van der Waals surface area contributed by atoms with E-state index in [1.165, 1.54) is 11.3 Å². The summed E-state index contributed by atoms with van der Waals surface area (Å²) in [4.78, 5) is 18.9. The predicted molar refractivity (Wildman–Crippen MR) is 95.9 cm³/mol. The van der Waals surface area contributed by atoms with Crippen molar-refractivity contribution in [2.24, 2.45) is 0 Å². The van der Waals surface area contributed by atoms with Crippen LogP contribution in [0.2, 0.25) is 0 Å². The summed E-state index contributed by atoms with van der Waals surface area (Å²) in [5, 5.41) is 2.86. The van der Waals surface area contributed by atoms with Crippen LogP contribution in [-0.2, 0) is 13.0 Å². The van der Waals surface area contributed by atoms with Gasteiger partial charge < -0.3 is 14.6 Å². The highest BCUT2D eigenvalue weighted by atomic mass is 16.3. The minimum absolute atomic E-state index is 0.161. The van der Waals surface area contributed by atoms with Gasteiger partial charge in [-0.25, -0.2) is 0 Å². The lowest BCUT2D eigenvalue weighted by molar-refractivity contribution is 0.0947. The van der Waals surface area contributed by atoms with Gasteiger partial charge in [0.1, 0.15) is 5.76 Å². The normalized spacial score (nSPS) is 15.9. The first-order chi connectivity index (χ1) is 12.2. The number of carbonyl (C=O) groups is 1. The van der Waals surface area contributed by atoms with Crippen LogP contribution in [0.4, 0.5) is 11.4 Å². The van der Waals surface area contributed by atoms with Crippen LogP contribution < -0.4 is 10.2 Å². The summed E-state index contributed by atoms with van der Waals surface area (Å²) in [5.41, 5.74) is 3.98. The molecule has 0 saturated heterocycles. The van der Waals surface area contributed by atoms with Crippen molar-refractivity contribution in [2.45, 2.75) is 25.9 Å². The number of amides is 1. The Labute approximate surface area is 146 Å². The average Bonchev–Trinajstić information content (AvgIpc) is 3.26. The van der Waals surface area contributed by atoms with E-state index >= 15 is 0 Å². The van der Waals surface area contributed by atoms with E-state index in [2.05, 4.69) is 40.3 Å². The van der Waals surface area contributed by atoms with E-state index in [1.54, 1.807) is 18.5 Å². The molecule has 126 valence electrons. The number of carbonyl (C=O) groups excluding carboxylic acids is 1. The van der Waals surface area contributed by atoms with Crippen LogP contribution in [0.15, 0.2) is 65.5 Å². The third-order valence-electron chi connectivity index (χ3n) is 4.47. The first-order valence-corrected chi connectivity index (χ1v) is 8.35. The number of rotatable bonds is 4. The summed E-state index contributed by atoms with van der Waals surface area (Å²) in [6.45, 7) is 2.54. The molecule has 0 bridgehead atoms. The molecule has 4 rings (SSSR count). The number of nitrogens with one attached hydrogen (secondary N) is 1. The Bertz CT molecular complexity index is 889. The predicted octanol–water partition coefficient (Wildman–Crippen LogP) is 3.69. The fraction of sp³-hybridized carbons (Fsp3) is 0.200. The molecule has 0 fully saturated rings. The maximum atomic E-state index is 12.4. The molecule has 25 heavy (non-hydrogen) atoms. The molecule has 1 aromatic carbocycles. The van der Waals surface area contributed by atoms with Crippen molar-refractivity contribution in [1.29, 1.82) is 0 Å². The zero-order valence-electron chi connectivity index (χ0n) is 14.0. The Morgan fingerprint density at radius 2 is 2.16 bits per heavy atom. The van der Waals surface area contributed by atoms with Crippen molar-refractivity contribution in [3.8, 4) is 0 Å². The molecule has 1 aliphatic rings. The topological polar surface area (TPSA) is 58.4 Å². The summed E-state index contributed by atoms with van der Waals surface area (Å²) in [6.07, 6.45) is 5.98. The molecule has 0 radical (unpaired) electrons. The van der Waals surface area contributed by atoms with Crippen LogP contribution in [0.3, 0.4) is 0 Å². The Hall–Kier alpha value is -3.08. The molecule has 0 spiro atoms. The molecule has 1 N–H and O–H groups in total. The van der Waals surface area contributed by atoms with Gasteiger partial charge in [0.15, 0.2) is 0 Å². The van der Waals surface area contributed by atoms with Gasteiger partial charge in [0.2, 0.25) is 0 Å². The number of nitrogens with zero attached hydrogens (tertiary/aromatic N) is 2. The Morgan fingerprint density at radius 1 is 1.28 bits per heavy atom. The van der Waals surface area contributed by atoms with E-state index in [0.717, 1.165) is 17.9 Å². The number of anilines is 2. The van der Waals surface area contributed by atoms with Crippen molar-refractivity contribution < 1.29 is 9.21 Å². The summed E-state index contributed by atoms with van der Waals surface area (Å²) < 4.78 is 5.24. The van der Waals surface area contributed by atoms with Crippen molar-refractivity contribution in [2.75, 3.05) is 4.90 Å². The second-order valence-corrected chi connectivity index (χ2v) is 6.25. The number of hydrogen-bond acceptors (Lipinski definition) is 4. The van der Waals surface area contributed by atoms with E-state index in [1.807, 2.05) is 24.4 Å². The molecule has 3 aromatic rings. The van der Waals surface area contributed by atoms with E-state index in [4.69, 9.17) is 4.42 Å². The second kappa shape index (κ2) is 6.43. The number of furan rings is 1. The summed E-state index contributed by atoms with van der Waals surface area (Å²) >= 11 is 0. The fourth-order valence-electron chi connectivity index (χ4n) is 3.33. The number of pyridine rings is 1. The summed E-state index contributed by atoms with van der Waals surface area (Å²) in [7, 11) is 0. The maximum Gasteiger partial charge on any atom is 0.253 e.